The maximum atomic E-state index is 12.0. The molecule has 2 heterocycles. The van der Waals surface area contributed by atoms with Crippen molar-refractivity contribution in [2.75, 3.05) is 31.5 Å². The van der Waals surface area contributed by atoms with Gasteiger partial charge in [0, 0.05) is 37.8 Å². The van der Waals surface area contributed by atoms with Gasteiger partial charge in [0.2, 0.25) is 0 Å². The number of urea groups is 1. The molecule has 2 N–H and O–H groups in total. The number of nitrogens with zero attached hydrogens (tertiary/aromatic N) is 1. The maximum absolute atomic E-state index is 12.0. The number of fused-ring (bicyclic) bond motifs is 1. The molecule has 2 aliphatic rings. The molecule has 1 aromatic carbocycles. The third-order valence-electron chi connectivity index (χ3n) is 4.35. The monoisotopic (exact) mass is 273 g/mol. The Hall–Kier alpha value is -1.71. The molecule has 0 spiro atoms. The first-order valence-electron chi connectivity index (χ1n) is 7.70. The van der Waals surface area contributed by atoms with E-state index in [1.165, 1.54) is 17.7 Å². The molecular formula is C16H23N3O. The van der Waals surface area contributed by atoms with E-state index < -0.39 is 0 Å². The van der Waals surface area contributed by atoms with Crippen molar-refractivity contribution in [1.82, 2.24) is 10.2 Å². The molecule has 4 nitrogen and oxygen atoms in total. The van der Waals surface area contributed by atoms with Gasteiger partial charge in [-0.3, -0.25) is 0 Å². The van der Waals surface area contributed by atoms with Crippen molar-refractivity contribution in [3.8, 4) is 0 Å². The summed E-state index contributed by atoms with van der Waals surface area (Å²) >= 11 is 0. The second kappa shape index (κ2) is 6.16. The second-order valence-electron chi connectivity index (χ2n) is 5.73. The van der Waals surface area contributed by atoms with Crippen LogP contribution in [0.15, 0.2) is 24.3 Å². The number of hydrogen-bond acceptors (Lipinski definition) is 2. The number of amides is 2. The number of piperidine rings is 1. The van der Waals surface area contributed by atoms with E-state index in [1.807, 2.05) is 4.90 Å². The highest BCUT2D eigenvalue weighted by atomic mass is 16.2. The van der Waals surface area contributed by atoms with Crippen LogP contribution in [0, 0.1) is 0 Å². The fraction of sp³-hybridized carbons (Fsp3) is 0.562. The maximum Gasteiger partial charge on any atom is 0.317 e. The summed E-state index contributed by atoms with van der Waals surface area (Å²) in [6.45, 7) is 3.58. The number of likely N-dealkylation sites (tertiary alicyclic amines) is 1. The molecule has 1 unspecified atom stereocenters. The molecule has 0 aliphatic carbocycles. The van der Waals surface area contributed by atoms with E-state index in [0.717, 1.165) is 45.4 Å². The number of hydrogen-bond donors (Lipinski definition) is 2. The largest absolute Gasteiger partial charge is 0.384 e. The van der Waals surface area contributed by atoms with Crippen LogP contribution < -0.4 is 10.6 Å². The van der Waals surface area contributed by atoms with Crippen molar-refractivity contribution < 1.29 is 4.79 Å². The van der Waals surface area contributed by atoms with Crippen LogP contribution in [0.1, 0.15) is 37.2 Å². The van der Waals surface area contributed by atoms with E-state index >= 15 is 0 Å². The van der Waals surface area contributed by atoms with Crippen LogP contribution >= 0.6 is 0 Å². The number of para-hydroxylation sites is 1. The molecule has 2 aliphatic heterocycles. The van der Waals surface area contributed by atoms with Crippen LogP contribution in [0.5, 0.6) is 0 Å². The highest BCUT2D eigenvalue weighted by molar-refractivity contribution is 5.74. The number of anilines is 1. The molecule has 0 bridgehead atoms. The molecule has 108 valence electrons. The van der Waals surface area contributed by atoms with Crippen molar-refractivity contribution in [2.24, 2.45) is 0 Å². The molecule has 2 amide bonds. The minimum absolute atomic E-state index is 0.115. The van der Waals surface area contributed by atoms with Gasteiger partial charge in [0.1, 0.15) is 0 Å². The normalized spacial score (nSPS) is 21.2. The lowest BCUT2D eigenvalue weighted by Crippen LogP contribution is -2.43. The van der Waals surface area contributed by atoms with Crippen LogP contribution in [0.4, 0.5) is 10.5 Å². The Balaban J connectivity index is 1.45. The van der Waals surface area contributed by atoms with E-state index in [1.54, 1.807) is 0 Å². The van der Waals surface area contributed by atoms with E-state index in [-0.39, 0.29) is 6.03 Å². The molecule has 1 fully saturated rings. The number of carbonyl (C=O) groups excluding carboxylic acids is 1. The predicted molar refractivity (Wildman–Crippen MR) is 81.1 cm³/mol. The summed E-state index contributed by atoms with van der Waals surface area (Å²) in [5.74, 6) is 0.521. The highest BCUT2D eigenvalue weighted by Crippen LogP contribution is 2.32. The average Bonchev–Trinajstić information content (AvgIpc) is 2.92. The summed E-state index contributed by atoms with van der Waals surface area (Å²) in [5, 5.41) is 6.50. The van der Waals surface area contributed by atoms with Gasteiger partial charge in [0.05, 0.1) is 0 Å². The van der Waals surface area contributed by atoms with Gasteiger partial charge in [-0.15, -0.1) is 0 Å². The fourth-order valence-electron chi connectivity index (χ4n) is 3.18. The summed E-state index contributed by atoms with van der Waals surface area (Å²) in [6.07, 6.45) is 4.55. The fourth-order valence-corrected chi connectivity index (χ4v) is 3.18. The summed E-state index contributed by atoms with van der Waals surface area (Å²) in [7, 11) is 0. The minimum Gasteiger partial charge on any atom is -0.384 e. The van der Waals surface area contributed by atoms with Gasteiger partial charge in [0.25, 0.3) is 0 Å². The van der Waals surface area contributed by atoms with Crippen molar-refractivity contribution in [2.45, 2.75) is 31.6 Å². The molecule has 1 saturated heterocycles. The summed E-state index contributed by atoms with van der Waals surface area (Å²) in [5.41, 5.74) is 2.64. The van der Waals surface area contributed by atoms with Crippen molar-refractivity contribution in [3.63, 3.8) is 0 Å². The minimum atomic E-state index is 0.115. The van der Waals surface area contributed by atoms with Gasteiger partial charge in [-0.2, -0.15) is 0 Å². The zero-order valence-electron chi connectivity index (χ0n) is 11.9. The molecule has 4 heteroatoms. The van der Waals surface area contributed by atoms with Gasteiger partial charge in [-0.1, -0.05) is 18.2 Å². The Kier molecular flexibility index (Phi) is 4.09. The van der Waals surface area contributed by atoms with Gasteiger partial charge in [-0.25, -0.2) is 4.79 Å². The van der Waals surface area contributed by atoms with Crippen LogP contribution in [-0.4, -0.2) is 37.1 Å². The van der Waals surface area contributed by atoms with Gasteiger partial charge in [0.15, 0.2) is 0 Å². The van der Waals surface area contributed by atoms with E-state index in [0.29, 0.717) is 5.92 Å². The summed E-state index contributed by atoms with van der Waals surface area (Å²) < 4.78 is 0. The Morgan fingerprint density at radius 3 is 2.90 bits per heavy atom. The highest BCUT2D eigenvalue weighted by Gasteiger charge is 2.22. The third kappa shape index (κ3) is 2.89. The molecule has 0 aromatic heterocycles. The Morgan fingerprint density at radius 1 is 1.25 bits per heavy atom. The van der Waals surface area contributed by atoms with Crippen LogP contribution in [-0.2, 0) is 0 Å². The zero-order valence-corrected chi connectivity index (χ0v) is 11.9. The molecule has 1 aromatic rings. The first kappa shape index (κ1) is 13.3. The smallest absolute Gasteiger partial charge is 0.317 e. The van der Waals surface area contributed by atoms with Gasteiger partial charge >= 0.3 is 6.03 Å². The lowest BCUT2D eigenvalue weighted by atomic mass is 9.98. The SMILES string of the molecule is O=C(NCCC1CNc2ccccc21)N1CCCCC1. The number of carbonyl (C=O) groups is 1. The standard InChI is InChI=1S/C16H23N3O/c20-16(19-10-4-1-5-11-19)17-9-8-13-12-18-15-7-3-2-6-14(13)15/h2-3,6-7,13,18H,1,4-5,8-12H2,(H,17,20). The molecule has 0 saturated carbocycles. The van der Waals surface area contributed by atoms with Crippen LogP contribution in [0.25, 0.3) is 0 Å². The van der Waals surface area contributed by atoms with E-state index in [2.05, 4.69) is 34.9 Å². The lowest BCUT2D eigenvalue weighted by molar-refractivity contribution is 0.186. The van der Waals surface area contributed by atoms with Crippen LogP contribution in [0.3, 0.4) is 0 Å². The van der Waals surface area contributed by atoms with E-state index in [4.69, 9.17) is 0 Å². The second-order valence-corrected chi connectivity index (χ2v) is 5.73. The Morgan fingerprint density at radius 2 is 2.05 bits per heavy atom. The van der Waals surface area contributed by atoms with Crippen molar-refractivity contribution in [3.05, 3.63) is 29.8 Å². The first-order chi connectivity index (χ1) is 9.84. The van der Waals surface area contributed by atoms with E-state index in [9.17, 15) is 4.79 Å². The Bertz CT molecular complexity index is 469. The molecule has 0 radical (unpaired) electrons. The van der Waals surface area contributed by atoms with Crippen molar-refractivity contribution >= 4 is 11.7 Å². The van der Waals surface area contributed by atoms with Gasteiger partial charge < -0.3 is 15.5 Å². The number of rotatable bonds is 3. The number of nitrogens with one attached hydrogen (secondary N) is 2. The molecule has 1 atom stereocenters. The number of benzene rings is 1. The summed E-state index contributed by atoms with van der Waals surface area (Å²) in [6, 6.07) is 8.58. The van der Waals surface area contributed by atoms with Gasteiger partial charge in [-0.05, 0) is 37.3 Å². The molecule has 3 rings (SSSR count). The van der Waals surface area contributed by atoms with Crippen molar-refractivity contribution in [1.29, 1.82) is 0 Å². The Labute approximate surface area is 120 Å². The third-order valence-corrected chi connectivity index (χ3v) is 4.35. The summed E-state index contributed by atoms with van der Waals surface area (Å²) in [4.78, 5) is 14.0. The van der Waals surface area contributed by atoms with Crippen LogP contribution in [0.2, 0.25) is 0 Å². The topological polar surface area (TPSA) is 44.4 Å². The molecule has 20 heavy (non-hydrogen) atoms. The molecular weight excluding hydrogens is 250 g/mol. The zero-order chi connectivity index (χ0) is 13.8. The average molecular weight is 273 g/mol. The lowest BCUT2D eigenvalue weighted by Gasteiger charge is -2.27. The first-order valence-corrected chi connectivity index (χ1v) is 7.70. The predicted octanol–water partition coefficient (Wildman–Crippen LogP) is 2.78. The quantitative estimate of drug-likeness (QED) is 0.889.